The molecule has 4 heteroatoms. The Bertz CT molecular complexity index is 833. The molecular formula is C20H23NO3. The molecule has 2 aromatic carbocycles. The summed E-state index contributed by atoms with van der Waals surface area (Å²) in [6.45, 7) is 7.69. The standard InChI is InChI=1S/C20H23NO3/c1-3-21(4-2)13-8-14-23-20(22)16-10-7-12-18-19(16)15-9-5-6-11-17(15)24-18/h5-7,9-12H,3-4,8,13-14H2,1-2H3. The van der Waals surface area contributed by atoms with E-state index in [1.807, 2.05) is 36.4 Å². The van der Waals surface area contributed by atoms with Crippen molar-refractivity contribution in [3.63, 3.8) is 0 Å². The number of para-hydroxylation sites is 1. The summed E-state index contributed by atoms with van der Waals surface area (Å²) >= 11 is 0. The fraction of sp³-hybridized carbons (Fsp3) is 0.350. The van der Waals surface area contributed by atoms with Crippen LogP contribution in [0.15, 0.2) is 46.9 Å². The second-order valence-electron chi connectivity index (χ2n) is 5.79. The van der Waals surface area contributed by atoms with E-state index in [1.54, 1.807) is 6.07 Å². The van der Waals surface area contributed by atoms with E-state index in [4.69, 9.17) is 9.15 Å². The molecule has 0 aliphatic heterocycles. The SMILES string of the molecule is CCN(CC)CCCOC(=O)c1cccc2oc3ccccc3c12. The molecule has 0 saturated heterocycles. The predicted octanol–water partition coefficient (Wildman–Crippen LogP) is 4.47. The van der Waals surface area contributed by atoms with Crippen molar-refractivity contribution >= 4 is 27.9 Å². The summed E-state index contributed by atoms with van der Waals surface area (Å²) in [7, 11) is 0. The maximum Gasteiger partial charge on any atom is 0.338 e. The zero-order chi connectivity index (χ0) is 16.9. The first-order valence-electron chi connectivity index (χ1n) is 8.54. The maximum absolute atomic E-state index is 12.5. The minimum absolute atomic E-state index is 0.285. The molecule has 24 heavy (non-hydrogen) atoms. The summed E-state index contributed by atoms with van der Waals surface area (Å²) < 4.78 is 11.3. The number of hydrogen-bond acceptors (Lipinski definition) is 4. The third-order valence-corrected chi connectivity index (χ3v) is 4.37. The zero-order valence-corrected chi connectivity index (χ0v) is 14.2. The lowest BCUT2D eigenvalue weighted by Gasteiger charge is -2.17. The van der Waals surface area contributed by atoms with E-state index in [0.717, 1.165) is 42.4 Å². The Morgan fingerprint density at radius 1 is 1.04 bits per heavy atom. The first-order valence-corrected chi connectivity index (χ1v) is 8.54. The minimum atomic E-state index is -0.285. The zero-order valence-electron chi connectivity index (χ0n) is 14.2. The van der Waals surface area contributed by atoms with Crippen LogP contribution in [-0.2, 0) is 4.74 Å². The van der Waals surface area contributed by atoms with Crippen LogP contribution in [-0.4, -0.2) is 37.1 Å². The van der Waals surface area contributed by atoms with Crippen LogP contribution >= 0.6 is 0 Å². The van der Waals surface area contributed by atoms with E-state index in [0.29, 0.717) is 17.8 Å². The van der Waals surface area contributed by atoms with Gasteiger partial charge in [-0.25, -0.2) is 4.79 Å². The molecule has 4 nitrogen and oxygen atoms in total. The molecule has 0 bridgehead atoms. The second-order valence-corrected chi connectivity index (χ2v) is 5.79. The minimum Gasteiger partial charge on any atom is -0.462 e. The van der Waals surface area contributed by atoms with Gasteiger partial charge in [0.2, 0.25) is 0 Å². The van der Waals surface area contributed by atoms with Gasteiger partial charge in [0.15, 0.2) is 0 Å². The van der Waals surface area contributed by atoms with Crippen LogP contribution in [0.3, 0.4) is 0 Å². The monoisotopic (exact) mass is 325 g/mol. The molecule has 3 aromatic rings. The first-order chi connectivity index (χ1) is 11.7. The average Bonchev–Trinajstić information content (AvgIpc) is 3.00. The summed E-state index contributed by atoms with van der Waals surface area (Å²) in [5.74, 6) is -0.285. The molecule has 0 amide bonds. The second kappa shape index (κ2) is 7.49. The van der Waals surface area contributed by atoms with Crippen molar-refractivity contribution in [2.45, 2.75) is 20.3 Å². The van der Waals surface area contributed by atoms with Crippen molar-refractivity contribution in [2.24, 2.45) is 0 Å². The number of hydrogen-bond donors (Lipinski definition) is 0. The number of fused-ring (bicyclic) bond motifs is 3. The van der Waals surface area contributed by atoms with Gasteiger partial charge in [0.05, 0.1) is 12.2 Å². The molecule has 0 aliphatic rings. The summed E-state index contributed by atoms with van der Waals surface area (Å²) in [5, 5.41) is 1.78. The summed E-state index contributed by atoms with van der Waals surface area (Å²) in [4.78, 5) is 14.8. The molecule has 0 unspecified atom stereocenters. The summed E-state index contributed by atoms with van der Waals surface area (Å²) in [6, 6.07) is 13.3. The highest BCUT2D eigenvalue weighted by molar-refractivity contribution is 6.15. The van der Waals surface area contributed by atoms with Crippen molar-refractivity contribution in [3.05, 3.63) is 48.0 Å². The van der Waals surface area contributed by atoms with Gasteiger partial charge in [0, 0.05) is 17.3 Å². The van der Waals surface area contributed by atoms with E-state index in [9.17, 15) is 4.79 Å². The molecule has 0 saturated carbocycles. The number of ether oxygens (including phenoxy) is 1. The van der Waals surface area contributed by atoms with E-state index in [1.165, 1.54) is 0 Å². The average molecular weight is 325 g/mol. The number of furan rings is 1. The van der Waals surface area contributed by atoms with Crippen LogP contribution in [0.5, 0.6) is 0 Å². The smallest absolute Gasteiger partial charge is 0.338 e. The van der Waals surface area contributed by atoms with Gasteiger partial charge in [0.1, 0.15) is 11.2 Å². The number of rotatable bonds is 7. The van der Waals surface area contributed by atoms with Crippen LogP contribution < -0.4 is 0 Å². The number of esters is 1. The highest BCUT2D eigenvalue weighted by Gasteiger charge is 2.16. The lowest BCUT2D eigenvalue weighted by Crippen LogP contribution is -2.25. The van der Waals surface area contributed by atoms with E-state index in [-0.39, 0.29) is 5.97 Å². The van der Waals surface area contributed by atoms with E-state index < -0.39 is 0 Å². The van der Waals surface area contributed by atoms with Gasteiger partial charge in [-0.1, -0.05) is 38.1 Å². The molecule has 0 fully saturated rings. The van der Waals surface area contributed by atoms with E-state index in [2.05, 4.69) is 18.7 Å². The molecule has 1 aromatic heterocycles. The van der Waals surface area contributed by atoms with Gasteiger partial charge in [-0.2, -0.15) is 0 Å². The Kier molecular flexibility index (Phi) is 5.16. The third-order valence-electron chi connectivity index (χ3n) is 4.37. The molecule has 1 heterocycles. The molecule has 3 rings (SSSR count). The third kappa shape index (κ3) is 3.29. The first kappa shape index (κ1) is 16.5. The van der Waals surface area contributed by atoms with Gasteiger partial charge in [-0.05, 0) is 37.7 Å². The van der Waals surface area contributed by atoms with Crippen molar-refractivity contribution < 1.29 is 13.9 Å². The molecule has 126 valence electrons. The normalized spacial score (nSPS) is 11.5. The fourth-order valence-corrected chi connectivity index (χ4v) is 3.02. The lowest BCUT2D eigenvalue weighted by atomic mass is 10.1. The largest absolute Gasteiger partial charge is 0.462 e. The van der Waals surface area contributed by atoms with Crippen LogP contribution in [0, 0.1) is 0 Å². The molecule has 0 spiro atoms. The molecular weight excluding hydrogens is 302 g/mol. The molecule has 0 radical (unpaired) electrons. The van der Waals surface area contributed by atoms with Gasteiger partial charge in [0.25, 0.3) is 0 Å². The van der Waals surface area contributed by atoms with Crippen molar-refractivity contribution in [1.29, 1.82) is 0 Å². The number of carbonyl (C=O) groups excluding carboxylic acids is 1. The van der Waals surface area contributed by atoms with E-state index >= 15 is 0 Å². The van der Waals surface area contributed by atoms with Gasteiger partial charge in [-0.15, -0.1) is 0 Å². The van der Waals surface area contributed by atoms with Gasteiger partial charge < -0.3 is 14.1 Å². The summed E-state index contributed by atoms with van der Waals surface area (Å²) in [6.07, 6.45) is 0.843. The maximum atomic E-state index is 12.5. The van der Waals surface area contributed by atoms with Gasteiger partial charge >= 0.3 is 5.97 Å². The number of carbonyl (C=O) groups is 1. The lowest BCUT2D eigenvalue weighted by molar-refractivity contribution is 0.0492. The van der Waals surface area contributed by atoms with Crippen LogP contribution in [0.4, 0.5) is 0 Å². The number of nitrogens with zero attached hydrogens (tertiary/aromatic N) is 1. The van der Waals surface area contributed by atoms with Crippen molar-refractivity contribution in [3.8, 4) is 0 Å². The Labute approximate surface area is 142 Å². The van der Waals surface area contributed by atoms with Gasteiger partial charge in [-0.3, -0.25) is 0 Å². The van der Waals surface area contributed by atoms with Crippen LogP contribution in [0.2, 0.25) is 0 Å². The molecule has 0 atom stereocenters. The quantitative estimate of drug-likeness (QED) is 0.475. The highest BCUT2D eigenvalue weighted by atomic mass is 16.5. The fourth-order valence-electron chi connectivity index (χ4n) is 3.02. The van der Waals surface area contributed by atoms with Crippen LogP contribution in [0.1, 0.15) is 30.6 Å². The number of benzene rings is 2. The summed E-state index contributed by atoms with van der Waals surface area (Å²) in [5.41, 5.74) is 2.07. The highest BCUT2D eigenvalue weighted by Crippen LogP contribution is 2.31. The molecule has 0 aliphatic carbocycles. The Morgan fingerprint density at radius 2 is 1.79 bits per heavy atom. The predicted molar refractivity (Wildman–Crippen MR) is 96.4 cm³/mol. The van der Waals surface area contributed by atoms with Crippen molar-refractivity contribution in [2.75, 3.05) is 26.2 Å². The van der Waals surface area contributed by atoms with Crippen molar-refractivity contribution in [1.82, 2.24) is 4.90 Å². The van der Waals surface area contributed by atoms with Crippen LogP contribution in [0.25, 0.3) is 21.9 Å². The topological polar surface area (TPSA) is 42.7 Å². The molecule has 0 N–H and O–H groups in total. The Balaban J connectivity index is 1.75. The Hall–Kier alpha value is -2.33. The Morgan fingerprint density at radius 3 is 2.58 bits per heavy atom.